The predicted octanol–water partition coefficient (Wildman–Crippen LogP) is 2.15. The quantitative estimate of drug-likeness (QED) is 0.567. The summed E-state index contributed by atoms with van der Waals surface area (Å²) in [6.45, 7) is 2.42. The first-order valence-electron chi connectivity index (χ1n) is 5.47. The minimum Gasteiger partial charge on any atom is -0.489 e. The Morgan fingerprint density at radius 3 is 2.88 bits per heavy atom. The number of benzene rings is 1. The van der Waals surface area contributed by atoms with Crippen molar-refractivity contribution in [2.45, 2.75) is 19.4 Å². The Morgan fingerprint density at radius 1 is 1.44 bits per heavy atom. The van der Waals surface area contributed by atoms with Crippen LogP contribution in [0.3, 0.4) is 0 Å². The zero-order valence-corrected chi connectivity index (χ0v) is 10.4. The highest BCUT2D eigenvalue weighted by Gasteiger charge is 2.06. The fourth-order valence-corrected chi connectivity index (χ4v) is 2.03. The molecule has 1 atom stereocenters. The summed E-state index contributed by atoms with van der Waals surface area (Å²) < 4.78 is 5.44. The van der Waals surface area contributed by atoms with E-state index in [1.54, 1.807) is 23.9 Å². The first-order chi connectivity index (χ1) is 7.74. The van der Waals surface area contributed by atoms with Crippen LogP contribution in [0.4, 0.5) is 5.69 Å². The lowest BCUT2D eigenvalue weighted by Crippen LogP contribution is -2.20. The molecule has 1 unspecified atom stereocenters. The van der Waals surface area contributed by atoms with Crippen molar-refractivity contribution in [1.29, 1.82) is 0 Å². The number of nitrogens with two attached hydrogens (primary N) is 1. The smallest absolute Gasteiger partial charge is 0.142 e. The molecular formula is C12H19NO2S. The first kappa shape index (κ1) is 13.2. The van der Waals surface area contributed by atoms with Crippen LogP contribution in [0, 0.1) is 0 Å². The molecule has 0 aliphatic rings. The van der Waals surface area contributed by atoms with Crippen LogP contribution < -0.4 is 10.5 Å². The standard InChI is InChI=1S/C12H19NO2S/c1-2-7-16-9-10(14)8-15-12-6-4-3-5-11(12)13/h3-6,10,14H,2,7-9,13H2,1H3. The Labute approximate surface area is 101 Å². The lowest BCUT2D eigenvalue weighted by molar-refractivity contribution is 0.127. The molecule has 0 aliphatic carbocycles. The van der Waals surface area contributed by atoms with Gasteiger partial charge in [-0.2, -0.15) is 11.8 Å². The maximum absolute atomic E-state index is 9.64. The molecule has 3 N–H and O–H groups in total. The van der Waals surface area contributed by atoms with Gasteiger partial charge in [0, 0.05) is 5.75 Å². The van der Waals surface area contributed by atoms with E-state index in [4.69, 9.17) is 10.5 Å². The Hall–Kier alpha value is -0.870. The average molecular weight is 241 g/mol. The molecule has 0 amide bonds. The van der Waals surface area contributed by atoms with Crippen LogP contribution >= 0.6 is 11.8 Å². The Balaban J connectivity index is 2.26. The molecule has 90 valence electrons. The Bertz CT molecular complexity index is 307. The van der Waals surface area contributed by atoms with Gasteiger partial charge in [-0.05, 0) is 24.3 Å². The van der Waals surface area contributed by atoms with Gasteiger partial charge in [-0.3, -0.25) is 0 Å². The summed E-state index contributed by atoms with van der Waals surface area (Å²) >= 11 is 1.74. The van der Waals surface area contributed by atoms with Crippen LogP contribution in [-0.4, -0.2) is 29.3 Å². The zero-order valence-electron chi connectivity index (χ0n) is 9.56. The van der Waals surface area contributed by atoms with Crippen LogP contribution in [0.5, 0.6) is 5.75 Å². The number of hydrogen-bond donors (Lipinski definition) is 2. The van der Waals surface area contributed by atoms with Gasteiger partial charge in [-0.25, -0.2) is 0 Å². The summed E-state index contributed by atoms with van der Waals surface area (Å²) in [5, 5.41) is 9.64. The highest BCUT2D eigenvalue weighted by molar-refractivity contribution is 7.99. The average Bonchev–Trinajstić information content (AvgIpc) is 2.28. The van der Waals surface area contributed by atoms with Crippen LogP contribution in [0.1, 0.15) is 13.3 Å². The largest absolute Gasteiger partial charge is 0.489 e. The van der Waals surface area contributed by atoms with Gasteiger partial charge in [0.15, 0.2) is 0 Å². The molecular weight excluding hydrogens is 222 g/mol. The Kier molecular flexibility index (Phi) is 6.11. The maximum atomic E-state index is 9.64. The molecule has 1 rings (SSSR count). The van der Waals surface area contributed by atoms with E-state index in [2.05, 4.69) is 6.92 Å². The van der Waals surface area contributed by atoms with E-state index in [-0.39, 0.29) is 0 Å². The van der Waals surface area contributed by atoms with Crippen LogP contribution in [0.2, 0.25) is 0 Å². The number of aliphatic hydroxyl groups is 1. The fraction of sp³-hybridized carbons (Fsp3) is 0.500. The number of nitrogen functional groups attached to an aromatic ring is 1. The number of aliphatic hydroxyl groups excluding tert-OH is 1. The molecule has 0 aromatic heterocycles. The first-order valence-corrected chi connectivity index (χ1v) is 6.62. The van der Waals surface area contributed by atoms with Gasteiger partial charge in [0.2, 0.25) is 0 Å². The van der Waals surface area contributed by atoms with Crippen molar-refractivity contribution in [2.75, 3.05) is 23.8 Å². The molecule has 16 heavy (non-hydrogen) atoms. The molecule has 0 heterocycles. The van der Waals surface area contributed by atoms with E-state index < -0.39 is 6.10 Å². The third-order valence-corrected chi connectivity index (χ3v) is 3.33. The molecule has 0 aliphatic heterocycles. The second kappa shape index (κ2) is 7.41. The monoisotopic (exact) mass is 241 g/mol. The van der Waals surface area contributed by atoms with Gasteiger partial charge in [-0.1, -0.05) is 19.1 Å². The second-order valence-corrected chi connectivity index (χ2v) is 4.73. The number of hydrogen-bond acceptors (Lipinski definition) is 4. The summed E-state index contributed by atoms with van der Waals surface area (Å²) in [7, 11) is 0. The highest BCUT2D eigenvalue weighted by atomic mass is 32.2. The molecule has 3 nitrogen and oxygen atoms in total. The van der Waals surface area contributed by atoms with Gasteiger partial charge in [0.1, 0.15) is 12.4 Å². The van der Waals surface area contributed by atoms with E-state index >= 15 is 0 Å². The Morgan fingerprint density at radius 2 is 2.19 bits per heavy atom. The van der Waals surface area contributed by atoms with Crippen LogP contribution in [0.15, 0.2) is 24.3 Å². The molecule has 1 aromatic carbocycles. The summed E-state index contributed by atoms with van der Waals surface area (Å²) in [6, 6.07) is 7.31. The van der Waals surface area contributed by atoms with E-state index in [0.29, 0.717) is 23.8 Å². The van der Waals surface area contributed by atoms with Crippen molar-refractivity contribution < 1.29 is 9.84 Å². The zero-order chi connectivity index (χ0) is 11.8. The van der Waals surface area contributed by atoms with Gasteiger partial charge >= 0.3 is 0 Å². The summed E-state index contributed by atoms with van der Waals surface area (Å²) in [6.07, 6.45) is 0.695. The van der Waals surface area contributed by atoms with Crippen molar-refractivity contribution in [3.63, 3.8) is 0 Å². The molecule has 0 radical (unpaired) electrons. The van der Waals surface area contributed by atoms with E-state index in [0.717, 1.165) is 12.2 Å². The third kappa shape index (κ3) is 4.77. The summed E-state index contributed by atoms with van der Waals surface area (Å²) in [5.41, 5.74) is 6.32. The summed E-state index contributed by atoms with van der Waals surface area (Å²) in [5.74, 6) is 2.42. The number of anilines is 1. The topological polar surface area (TPSA) is 55.5 Å². The SMILES string of the molecule is CCCSCC(O)COc1ccccc1N. The number of thioether (sulfide) groups is 1. The van der Waals surface area contributed by atoms with Crippen molar-refractivity contribution in [1.82, 2.24) is 0 Å². The van der Waals surface area contributed by atoms with E-state index in [9.17, 15) is 5.11 Å². The lowest BCUT2D eigenvalue weighted by Gasteiger charge is -2.13. The third-order valence-electron chi connectivity index (χ3n) is 2.01. The van der Waals surface area contributed by atoms with Gasteiger partial charge in [0.25, 0.3) is 0 Å². The van der Waals surface area contributed by atoms with Gasteiger partial charge < -0.3 is 15.6 Å². The van der Waals surface area contributed by atoms with Crippen molar-refractivity contribution in [2.24, 2.45) is 0 Å². The van der Waals surface area contributed by atoms with Crippen LogP contribution in [0.25, 0.3) is 0 Å². The molecule has 0 fully saturated rings. The second-order valence-electron chi connectivity index (χ2n) is 3.58. The molecule has 0 spiro atoms. The number of ether oxygens (including phenoxy) is 1. The summed E-state index contributed by atoms with van der Waals surface area (Å²) in [4.78, 5) is 0. The molecule has 0 saturated heterocycles. The van der Waals surface area contributed by atoms with Crippen molar-refractivity contribution in [3.05, 3.63) is 24.3 Å². The van der Waals surface area contributed by atoms with Gasteiger partial charge in [-0.15, -0.1) is 0 Å². The van der Waals surface area contributed by atoms with Crippen molar-refractivity contribution >= 4 is 17.4 Å². The predicted molar refractivity (Wildman–Crippen MR) is 70.0 cm³/mol. The van der Waals surface area contributed by atoms with Gasteiger partial charge in [0.05, 0.1) is 11.8 Å². The molecule has 0 bridgehead atoms. The minimum absolute atomic E-state index is 0.297. The number of rotatable bonds is 7. The molecule has 1 aromatic rings. The van der Waals surface area contributed by atoms with Crippen molar-refractivity contribution in [3.8, 4) is 5.75 Å². The minimum atomic E-state index is -0.434. The van der Waals surface area contributed by atoms with Crippen LogP contribution in [-0.2, 0) is 0 Å². The highest BCUT2D eigenvalue weighted by Crippen LogP contribution is 2.20. The van der Waals surface area contributed by atoms with E-state index in [1.807, 2.05) is 12.1 Å². The molecule has 0 saturated carbocycles. The lowest BCUT2D eigenvalue weighted by atomic mass is 10.3. The fourth-order valence-electron chi connectivity index (χ4n) is 1.21. The maximum Gasteiger partial charge on any atom is 0.142 e. The number of para-hydroxylation sites is 2. The normalized spacial score (nSPS) is 12.4. The van der Waals surface area contributed by atoms with E-state index in [1.165, 1.54) is 0 Å². The molecule has 4 heteroatoms.